The van der Waals surface area contributed by atoms with Crippen LogP contribution in [0.1, 0.15) is 43.1 Å². The lowest BCUT2D eigenvalue weighted by molar-refractivity contribution is -0.123. The van der Waals surface area contributed by atoms with Gasteiger partial charge in [-0.15, -0.1) is 0 Å². The Morgan fingerprint density at radius 1 is 0.974 bits per heavy atom. The maximum atomic E-state index is 13.5. The summed E-state index contributed by atoms with van der Waals surface area (Å²) in [6.45, 7) is 3.70. The molecule has 11 heteroatoms. The summed E-state index contributed by atoms with van der Waals surface area (Å²) in [4.78, 5) is 18.1. The molecule has 39 heavy (non-hydrogen) atoms. The van der Waals surface area contributed by atoms with E-state index in [4.69, 9.17) is 9.47 Å². The molecule has 3 aromatic carbocycles. The van der Waals surface area contributed by atoms with E-state index in [0.717, 1.165) is 11.1 Å². The molecule has 206 valence electrons. The molecular formula is C28H30N2O7S2. The van der Waals surface area contributed by atoms with Gasteiger partial charge in [-0.25, -0.2) is 13.4 Å². The maximum Gasteiger partial charge on any atom is 0.271 e. The van der Waals surface area contributed by atoms with Gasteiger partial charge in [-0.2, -0.15) is 0 Å². The number of aliphatic hydroxyl groups excluding tert-OH is 2. The van der Waals surface area contributed by atoms with Gasteiger partial charge in [0.1, 0.15) is 11.5 Å². The number of nitrogens with zero attached hydrogens (tertiary/aromatic N) is 1. The summed E-state index contributed by atoms with van der Waals surface area (Å²) in [5.74, 6) is 0.565. The molecule has 0 aliphatic heterocycles. The number of sulfone groups is 1. The number of aliphatic hydroxyl groups is 2. The predicted octanol–water partition coefficient (Wildman–Crippen LogP) is 4.62. The molecule has 0 fully saturated rings. The van der Waals surface area contributed by atoms with Crippen molar-refractivity contribution >= 4 is 42.4 Å². The van der Waals surface area contributed by atoms with Gasteiger partial charge in [0.05, 0.1) is 40.7 Å². The first kappa shape index (κ1) is 28.5. The molecule has 1 heterocycles. The third-order valence-electron chi connectivity index (χ3n) is 5.99. The van der Waals surface area contributed by atoms with Crippen LogP contribution in [0, 0.1) is 0 Å². The Kier molecular flexibility index (Phi) is 9.18. The number of carbonyl (C=O) groups is 1. The third kappa shape index (κ3) is 6.74. The molecule has 3 N–H and O–H groups in total. The molecule has 1 amide bonds. The average Bonchev–Trinajstić information content (AvgIpc) is 3.35. The van der Waals surface area contributed by atoms with Crippen LogP contribution in [0.3, 0.4) is 0 Å². The van der Waals surface area contributed by atoms with Crippen LogP contribution in [0.25, 0.3) is 10.2 Å². The number of hydrogen-bond acceptors (Lipinski definition) is 9. The SMILES string of the molecule is CCCOc1ccc(OC(C(=O)Nc2nc3cc(CO)c(CO)cc3s2)c2ccc(S(=O)(=O)CC)cc2)cc1. The van der Waals surface area contributed by atoms with Crippen molar-refractivity contribution in [3.8, 4) is 11.5 Å². The molecule has 9 nitrogen and oxygen atoms in total. The number of benzene rings is 3. The summed E-state index contributed by atoms with van der Waals surface area (Å²) in [7, 11) is -3.41. The molecule has 0 bridgehead atoms. The highest BCUT2D eigenvalue weighted by molar-refractivity contribution is 7.91. The van der Waals surface area contributed by atoms with Gasteiger partial charge in [0.2, 0.25) is 6.10 Å². The lowest BCUT2D eigenvalue weighted by atomic mass is 10.1. The lowest BCUT2D eigenvalue weighted by Gasteiger charge is -2.19. The van der Waals surface area contributed by atoms with Crippen molar-refractivity contribution in [3.63, 3.8) is 0 Å². The zero-order valence-electron chi connectivity index (χ0n) is 21.6. The smallest absolute Gasteiger partial charge is 0.271 e. The van der Waals surface area contributed by atoms with Gasteiger partial charge in [0.15, 0.2) is 15.0 Å². The summed E-state index contributed by atoms with van der Waals surface area (Å²) in [5.41, 5.74) is 2.18. The summed E-state index contributed by atoms with van der Waals surface area (Å²) in [6, 6.07) is 16.4. The van der Waals surface area contributed by atoms with E-state index in [1.54, 1.807) is 55.5 Å². The highest BCUT2D eigenvalue weighted by atomic mass is 32.2. The normalized spacial score (nSPS) is 12.3. The molecule has 1 atom stereocenters. The number of amides is 1. The van der Waals surface area contributed by atoms with Crippen molar-refractivity contribution in [1.82, 2.24) is 4.98 Å². The Labute approximate surface area is 231 Å². The first-order valence-corrected chi connectivity index (χ1v) is 14.9. The lowest BCUT2D eigenvalue weighted by Crippen LogP contribution is -2.25. The minimum atomic E-state index is -3.41. The number of carbonyl (C=O) groups excluding carboxylic acids is 1. The summed E-state index contributed by atoms with van der Waals surface area (Å²) < 4.78 is 37.0. The van der Waals surface area contributed by atoms with Crippen molar-refractivity contribution in [2.45, 2.75) is 44.5 Å². The molecule has 0 radical (unpaired) electrons. The number of fused-ring (bicyclic) bond motifs is 1. The first-order chi connectivity index (χ1) is 18.8. The Morgan fingerprint density at radius 3 is 2.23 bits per heavy atom. The standard InChI is InChI=1S/C28H30N2O7S2/c1-3-13-36-21-7-9-22(10-8-21)37-26(18-5-11-23(12-6-18)39(34,35)4-2)27(33)30-28-29-24-14-19(16-31)20(17-32)15-25(24)38-28/h5-12,14-15,26,31-32H,3-4,13,16-17H2,1-2H3,(H,29,30,33). The third-order valence-corrected chi connectivity index (χ3v) is 8.68. The fraction of sp³-hybridized carbons (Fsp3) is 0.286. The molecule has 1 unspecified atom stereocenters. The quantitative estimate of drug-likeness (QED) is 0.225. The van der Waals surface area contributed by atoms with Crippen molar-refractivity contribution in [3.05, 3.63) is 77.4 Å². The number of rotatable bonds is 12. The van der Waals surface area contributed by atoms with E-state index in [2.05, 4.69) is 10.3 Å². The Balaban J connectivity index is 1.63. The average molecular weight is 571 g/mol. The molecule has 0 saturated heterocycles. The van der Waals surface area contributed by atoms with Crippen LogP contribution < -0.4 is 14.8 Å². The van der Waals surface area contributed by atoms with E-state index in [0.29, 0.717) is 45.4 Å². The van der Waals surface area contributed by atoms with Crippen LogP contribution in [-0.2, 0) is 27.8 Å². The Morgan fingerprint density at radius 2 is 1.62 bits per heavy atom. The Hall–Kier alpha value is -3.51. The van der Waals surface area contributed by atoms with Crippen molar-refractivity contribution in [1.29, 1.82) is 0 Å². The minimum absolute atomic E-state index is 0.0349. The number of nitrogens with one attached hydrogen (secondary N) is 1. The zero-order valence-corrected chi connectivity index (χ0v) is 23.2. The van der Waals surface area contributed by atoms with E-state index >= 15 is 0 Å². The van der Waals surface area contributed by atoms with Crippen LogP contribution in [0.15, 0.2) is 65.6 Å². The van der Waals surface area contributed by atoms with E-state index < -0.39 is 21.8 Å². The fourth-order valence-electron chi connectivity index (χ4n) is 3.84. The minimum Gasteiger partial charge on any atom is -0.494 e. The number of thiazole rings is 1. The van der Waals surface area contributed by atoms with Gasteiger partial charge < -0.3 is 19.7 Å². The van der Waals surface area contributed by atoms with Gasteiger partial charge in [0, 0.05) is 5.56 Å². The van der Waals surface area contributed by atoms with Crippen LogP contribution >= 0.6 is 11.3 Å². The second-order valence-electron chi connectivity index (χ2n) is 8.70. The summed E-state index contributed by atoms with van der Waals surface area (Å²) in [5, 5.41) is 22.3. The van der Waals surface area contributed by atoms with Gasteiger partial charge in [-0.3, -0.25) is 10.1 Å². The second kappa shape index (κ2) is 12.6. The van der Waals surface area contributed by atoms with Crippen molar-refractivity contribution in [2.75, 3.05) is 17.7 Å². The summed E-state index contributed by atoms with van der Waals surface area (Å²) >= 11 is 1.22. The van der Waals surface area contributed by atoms with E-state index in [-0.39, 0.29) is 23.9 Å². The van der Waals surface area contributed by atoms with Crippen molar-refractivity contribution < 1.29 is 32.9 Å². The van der Waals surface area contributed by atoms with Crippen LogP contribution in [-0.4, -0.2) is 41.9 Å². The summed E-state index contributed by atoms with van der Waals surface area (Å²) in [6.07, 6.45) is -0.239. The Bertz CT molecular complexity index is 1490. The van der Waals surface area contributed by atoms with Crippen molar-refractivity contribution in [2.24, 2.45) is 0 Å². The zero-order chi connectivity index (χ0) is 28.0. The van der Waals surface area contributed by atoms with Crippen LogP contribution in [0.2, 0.25) is 0 Å². The van der Waals surface area contributed by atoms with Crippen LogP contribution in [0.4, 0.5) is 5.13 Å². The van der Waals surface area contributed by atoms with Gasteiger partial charge >= 0.3 is 0 Å². The topological polar surface area (TPSA) is 135 Å². The number of hydrogen-bond donors (Lipinski definition) is 3. The fourth-order valence-corrected chi connectivity index (χ4v) is 5.64. The second-order valence-corrected chi connectivity index (χ2v) is 12.0. The number of anilines is 1. The van der Waals surface area contributed by atoms with Gasteiger partial charge in [-0.05, 0) is 66.1 Å². The number of ether oxygens (including phenoxy) is 2. The highest BCUT2D eigenvalue weighted by Crippen LogP contribution is 2.31. The van der Waals surface area contributed by atoms with Gasteiger partial charge in [-0.1, -0.05) is 37.3 Å². The molecule has 0 saturated carbocycles. The maximum absolute atomic E-state index is 13.5. The molecule has 4 rings (SSSR count). The number of aromatic nitrogens is 1. The molecule has 1 aromatic heterocycles. The predicted molar refractivity (Wildman–Crippen MR) is 150 cm³/mol. The van der Waals surface area contributed by atoms with E-state index in [1.165, 1.54) is 23.5 Å². The van der Waals surface area contributed by atoms with E-state index in [9.17, 15) is 23.4 Å². The molecule has 0 aliphatic rings. The molecular weight excluding hydrogens is 540 g/mol. The largest absolute Gasteiger partial charge is 0.494 e. The first-order valence-electron chi connectivity index (χ1n) is 12.4. The highest BCUT2D eigenvalue weighted by Gasteiger charge is 2.25. The van der Waals surface area contributed by atoms with E-state index in [1.807, 2.05) is 6.92 Å². The van der Waals surface area contributed by atoms with Crippen LogP contribution in [0.5, 0.6) is 11.5 Å². The monoisotopic (exact) mass is 570 g/mol. The van der Waals surface area contributed by atoms with Gasteiger partial charge in [0.25, 0.3) is 5.91 Å². The molecule has 0 spiro atoms. The molecule has 0 aliphatic carbocycles. The molecule has 4 aromatic rings.